The second-order valence-corrected chi connectivity index (χ2v) is 8.06. The number of urea groups is 1. The lowest BCUT2D eigenvalue weighted by atomic mass is 10.2. The molecule has 0 aliphatic heterocycles. The smallest absolute Gasteiger partial charge is 0.319 e. The van der Waals surface area contributed by atoms with Gasteiger partial charge in [0.1, 0.15) is 0 Å². The molecule has 0 aromatic heterocycles. The number of sulfone groups is 1. The second-order valence-electron chi connectivity index (χ2n) is 5.51. The van der Waals surface area contributed by atoms with Crippen LogP contribution < -0.4 is 10.6 Å². The summed E-state index contributed by atoms with van der Waals surface area (Å²) < 4.78 is 28.6. The molecule has 124 valence electrons. The largest absolute Gasteiger partial charge is 0.383 e. The Morgan fingerprint density at radius 1 is 1.18 bits per heavy atom. The third-order valence-corrected chi connectivity index (χ3v) is 5.26. The van der Waals surface area contributed by atoms with Gasteiger partial charge in [-0.05, 0) is 38.5 Å². The zero-order chi connectivity index (χ0) is 16.8. The van der Waals surface area contributed by atoms with E-state index in [1.54, 1.807) is 45.2 Å². The van der Waals surface area contributed by atoms with Crippen molar-refractivity contribution in [3.05, 3.63) is 29.8 Å². The second kappa shape index (κ2) is 8.14. The van der Waals surface area contributed by atoms with Gasteiger partial charge in [0.2, 0.25) is 0 Å². The first kappa shape index (κ1) is 18.4. The molecule has 0 spiro atoms. The van der Waals surface area contributed by atoms with Crippen LogP contribution in [-0.2, 0) is 20.3 Å². The molecule has 1 atom stereocenters. The minimum absolute atomic E-state index is 0.00200. The van der Waals surface area contributed by atoms with Crippen molar-refractivity contribution in [2.45, 2.75) is 37.8 Å². The van der Waals surface area contributed by atoms with Gasteiger partial charge in [-0.3, -0.25) is 0 Å². The van der Waals surface area contributed by atoms with Gasteiger partial charge < -0.3 is 15.4 Å². The highest BCUT2D eigenvalue weighted by Gasteiger charge is 2.16. The number of nitrogens with one attached hydrogen (secondary N) is 2. The lowest BCUT2D eigenvalue weighted by Crippen LogP contribution is -2.38. The predicted molar refractivity (Wildman–Crippen MR) is 87.7 cm³/mol. The summed E-state index contributed by atoms with van der Waals surface area (Å²) in [6.45, 7) is 5.59. The summed E-state index contributed by atoms with van der Waals surface area (Å²) in [6, 6.07) is 6.35. The van der Waals surface area contributed by atoms with Crippen LogP contribution in [0.15, 0.2) is 24.3 Å². The first-order valence-electron chi connectivity index (χ1n) is 7.11. The number of rotatable bonds is 7. The SMILES string of the molecule is COC[C@@H](C)NC(=O)Nc1ccc(CS(=O)(=O)C(C)C)cc1. The maximum atomic E-state index is 11.9. The number of ether oxygens (including phenoxy) is 1. The van der Waals surface area contributed by atoms with Crippen molar-refractivity contribution in [2.75, 3.05) is 19.0 Å². The molecule has 2 amide bonds. The van der Waals surface area contributed by atoms with Crippen LogP contribution in [0.3, 0.4) is 0 Å². The molecule has 1 rings (SSSR count). The molecule has 0 radical (unpaired) electrons. The molecule has 0 saturated heterocycles. The third kappa shape index (κ3) is 6.03. The lowest BCUT2D eigenvalue weighted by molar-refractivity contribution is 0.173. The highest BCUT2D eigenvalue weighted by molar-refractivity contribution is 7.91. The summed E-state index contributed by atoms with van der Waals surface area (Å²) in [5.74, 6) is 0.00200. The molecule has 7 heteroatoms. The predicted octanol–water partition coefficient (Wildman–Crippen LogP) is 2.17. The lowest BCUT2D eigenvalue weighted by Gasteiger charge is -2.14. The molecule has 1 aromatic rings. The van der Waals surface area contributed by atoms with Crippen LogP contribution in [0.4, 0.5) is 10.5 Å². The Kier molecular flexibility index (Phi) is 6.83. The standard InChI is InChI=1S/C15H24N2O4S/c1-11(2)22(19,20)10-13-5-7-14(8-6-13)17-15(18)16-12(3)9-21-4/h5-8,11-12H,9-10H2,1-4H3,(H2,16,17,18)/t12-/m1/s1. The molecule has 22 heavy (non-hydrogen) atoms. The normalized spacial score (nSPS) is 13.0. The summed E-state index contributed by atoms with van der Waals surface area (Å²) >= 11 is 0. The van der Waals surface area contributed by atoms with Crippen LogP contribution in [0.1, 0.15) is 26.3 Å². The number of carbonyl (C=O) groups is 1. The van der Waals surface area contributed by atoms with Gasteiger partial charge in [-0.2, -0.15) is 0 Å². The van der Waals surface area contributed by atoms with Gasteiger partial charge in [0.15, 0.2) is 9.84 Å². The number of hydrogen-bond donors (Lipinski definition) is 2. The van der Waals surface area contributed by atoms with E-state index in [2.05, 4.69) is 10.6 Å². The molecular formula is C15H24N2O4S. The molecule has 0 fully saturated rings. The van der Waals surface area contributed by atoms with Crippen molar-refractivity contribution in [3.8, 4) is 0 Å². The Hall–Kier alpha value is -1.60. The minimum Gasteiger partial charge on any atom is -0.383 e. The fourth-order valence-corrected chi connectivity index (χ4v) is 2.76. The van der Waals surface area contributed by atoms with Crippen LogP contribution in [0.2, 0.25) is 0 Å². The van der Waals surface area contributed by atoms with Crippen LogP contribution >= 0.6 is 0 Å². The number of carbonyl (C=O) groups excluding carboxylic acids is 1. The zero-order valence-electron chi connectivity index (χ0n) is 13.4. The third-order valence-electron chi connectivity index (χ3n) is 3.09. The van der Waals surface area contributed by atoms with Gasteiger partial charge in [-0.1, -0.05) is 12.1 Å². The first-order valence-corrected chi connectivity index (χ1v) is 8.83. The topological polar surface area (TPSA) is 84.5 Å². The number of anilines is 1. The molecule has 0 saturated carbocycles. The fraction of sp³-hybridized carbons (Fsp3) is 0.533. The van der Waals surface area contributed by atoms with Crippen molar-refractivity contribution >= 4 is 21.6 Å². The zero-order valence-corrected chi connectivity index (χ0v) is 14.2. The molecule has 0 bridgehead atoms. The number of amides is 2. The van der Waals surface area contributed by atoms with Crippen molar-refractivity contribution in [1.29, 1.82) is 0 Å². The maximum absolute atomic E-state index is 11.9. The summed E-state index contributed by atoms with van der Waals surface area (Å²) in [5, 5.41) is 5.01. The Morgan fingerprint density at radius 2 is 1.77 bits per heavy atom. The Balaban J connectivity index is 2.60. The molecule has 0 aliphatic carbocycles. The van der Waals surface area contributed by atoms with E-state index in [0.29, 0.717) is 17.9 Å². The summed E-state index contributed by atoms with van der Waals surface area (Å²) in [5.41, 5.74) is 1.31. The minimum atomic E-state index is -3.12. The molecule has 0 aliphatic rings. The molecule has 1 aromatic carbocycles. The fourth-order valence-electron chi connectivity index (χ4n) is 1.77. The van der Waals surface area contributed by atoms with Crippen molar-refractivity contribution in [1.82, 2.24) is 5.32 Å². The van der Waals surface area contributed by atoms with Gasteiger partial charge in [-0.25, -0.2) is 13.2 Å². The van der Waals surface area contributed by atoms with Crippen molar-refractivity contribution in [3.63, 3.8) is 0 Å². The summed E-state index contributed by atoms with van der Waals surface area (Å²) in [6.07, 6.45) is 0. The Labute approximate surface area is 132 Å². The maximum Gasteiger partial charge on any atom is 0.319 e. The van der Waals surface area contributed by atoms with Gasteiger partial charge in [-0.15, -0.1) is 0 Å². The highest BCUT2D eigenvalue weighted by Crippen LogP contribution is 2.14. The van der Waals surface area contributed by atoms with E-state index in [1.807, 2.05) is 6.92 Å². The molecule has 6 nitrogen and oxygen atoms in total. The van der Waals surface area contributed by atoms with Gasteiger partial charge >= 0.3 is 6.03 Å². The first-order chi connectivity index (χ1) is 10.2. The monoisotopic (exact) mass is 328 g/mol. The van der Waals surface area contributed by atoms with Crippen LogP contribution in [-0.4, -0.2) is 39.5 Å². The van der Waals surface area contributed by atoms with E-state index in [-0.39, 0.29) is 17.8 Å². The van der Waals surface area contributed by atoms with Crippen molar-refractivity contribution < 1.29 is 17.9 Å². The highest BCUT2D eigenvalue weighted by atomic mass is 32.2. The average molecular weight is 328 g/mol. The number of benzene rings is 1. The van der Waals surface area contributed by atoms with Crippen LogP contribution in [0, 0.1) is 0 Å². The summed E-state index contributed by atoms with van der Waals surface area (Å²) in [4.78, 5) is 11.7. The average Bonchev–Trinajstić information content (AvgIpc) is 2.40. The van der Waals surface area contributed by atoms with Gasteiger partial charge in [0, 0.05) is 12.8 Å². The summed E-state index contributed by atoms with van der Waals surface area (Å²) in [7, 11) is -1.55. The van der Waals surface area contributed by atoms with E-state index in [9.17, 15) is 13.2 Å². The van der Waals surface area contributed by atoms with E-state index < -0.39 is 15.1 Å². The molecule has 2 N–H and O–H groups in total. The van der Waals surface area contributed by atoms with Crippen LogP contribution in [0.5, 0.6) is 0 Å². The van der Waals surface area contributed by atoms with Crippen molar-refractivity contribution in [2.24, 2.45) is 0 Å². The molecule has 0 heterocycles. The quantitative estimate of drug-likeness (QED) is 0.803. The van der Waals surface area contributed by atoms with Crippen LogP contribution in [0.25, 0.3) is 0 Å². The van der Waals surface area contributed by atoms with E-state index in [0.717, 1.165) is 0 Å². The Morgan fingerprint density at radius 3 is 2.27 bits per heavy atom. The number of methoxy groups -OCH3 is 1. The van der Waals surface area contributed by atoms with E-state index in [4.69, 9.17) is 4.74 Å². The van der Waals surface area contributed by atoms with E-state index in [1.165, 1.54) is 0 Å². The van der Waals surface area contributed by atoms with Gasteiger partial charge in [0.25, 0.3) is 0 Å². The molecule has 0 unspecified atom stereocenters. The Bertz CT molecular complexity index is 582. The molecular weight excluding hydrogens is 304 g/mol. The number of hydrogen-bond acceptors (Lipinski definition) is 4. The van der Waals surface area contributed by atoms with E-state index >= 15 is 0 Å². The van der Waals surface area contributed by atoms with Gasteiger partial charge in [0.05, 0.1) is 23.7 Å².